The van der Waals surface area contributed by atoms with Crippen molar-refractivity contribution in [3.63, 3.8) is 0 Å². The molecule has 0 unspecified atom stereocenters. The van der Waals surface area contributed by atoms with Gasteiger partial charge in [0.25, 0.3) is 0 Å². The monoisotopic (exact) mass is 484 g/mol. The summed E-state index contributed by atoms with van der Waals surface area (Å²) in [7, 11) is 0. The fourth-order valence-electron chi connectivity index (χ4n) is 4.40. The molecule has 0 bridgehead atoms. The van der Waals surface area contributed by atoms with Gasteiger partial charge in [-0.05, 0) is 6.42 Å². The van der Waals surface area contributed by atoms with Gasteiger partial charge >= 0.3 is 0 Å². The van der Waals surface area contributed by atoms with E-state index >= 15 is 0 Å². The molecule has 0 radical (unpaired) electrons. The molecule has 33 heavy (non-hydrogen) atoms. The Morgan fingerprint density at radius 2 is 1.18 bits per heavy atom. The largest absolute Gasteiger partial charge is 0.394 e. The topological polar surface area (TPSA) is 283 Å². The summed E-state index contributed by atoms with van der Waals surface area (Å²) in [5.74, 6) is 0. The summed E-state index contributed by atoms with van der Waals surface area (Å²) in [6, 6.07) is -2.86. The lowest BCUT2D eigenvalue weighted by atomic mass is 9.84. The van der Waals surface area contributed by atoms with Crippen molar-refractivity contribution < 1.29 is 54.7 Å². The minimum absolute atomic E-state index is 0.0849. The molecule has 194 valence electrons. The molecule has 3 rings (SSSR count). The van der Waals surface area contributed by atoms with E-state index in [0.717, 1.165) is 0 Å². The average molecular weight is 485 g/mol. The number of hydrogen-bond donors (Lipinski definition) is 11. The molecule has 3 aliphatic rings. The molecule has 2 saturated heterocycles. The highest BCUT2D eigenvalue weighted by molar-refractivity contribution is 5.01. The van der Waals surface area contributed by atoms with Crippen LogP contribution in [-0.4, -0.2) is 141 Å². The molecule has 0 spiro atoms. The normalized spacial score (nSPS) is 53.7. The highest BCUT2D eigenvalue weighted by atomic mass is 16.7. The number of aliphatic hydroxyl groups excluding tert-OH is 7. The first-order chi connectivity index (χ1) is 15.5. The Morgan fingerprint density at radius 1 is 0.667 bits per heavy atom. The molecule has 15 heteroatoms. The van der Waals surface area contributed by atoms with Crippen molar-refractivity contribution in [3.8, 4) is 0 Å². The summed E-state index contributed by atoms with van der Waals surface area (Å²) in [6.07, 6.45) is -16.5. The van der Waals surface area contributed by atoms with Crippen LogP contribution in [0.3, 0.4) is 0 Å². The van der Waals surface area contributed by atoms with Gasteiger partial charge in [-0.15, -0.1) is 0 Å². The Balaban J connectivity index is 1.72. The second-order valence-corrected chi connectivity index (χ2v) is 8.79. The Morgan fingerprint density at radius 3 is 1.70 bits per heavy atom. The van der Waals surface area contributed by atoms with Crippen molar-refractivity contribution in [3.05, 3.63) is 0 Å². The first-order valence-corrected chi connectivity index (χ1v) is 10.8. The van der Waals surface area contributed by atoms with Gasteiger partial charge in [0.2, 0.25) is 0 Å². The smallest absolute Gasteiger partial charge is 0.187 e. The van der Waals surface area contributed by atoms with Gasteiger partial charge in [-0.25, -0.2) is 0 Å². The van der Waals surface area contributed by atoms with Crippen molar-refractivity contribution >= 4 is 0 Å². The summed E-state index contributed by atoms with van der Waals surface area (Å²) >= 11 is 0. The van der Waals surface area contributed by atoms with Crippen LogP contribution in [0, 0.1) is 0 Å². The Kier molecular flexibility index (Phi) is 8.99. The quantitative estimate of drug-likeness (QED) is 0.167. The standard InChI is InChI=1S/C18H36N4O11/c19-2-6-10(25)12(27)13(28)18(30-6)33-16-5(21)1-4(20)15(14(16)29)32-17-11(26)8(22)9(24)7(3-23)31-17/h4-18,23-29H,1-3,19-22H2/t4-,5+,6-,7+,8-,9-,10-,11-,12+,13+,14-,15-,16+,17-,18+/m0/s1. The van der Waals surface area contributed by atoms with Gasteiger partial charge in [-0.2, -0.15) is 0 Å². The fourth-order valence-corrected chi connectivity index (χ4v) is 4.40. The maximum atomic E-state index is 10.9. The van der Waals surface area contributed by atoms with Crippen LogP contribution in [0.25, 0.3) is 0 Å². The van der Waals surface area contributed by atoms with Crippen LogP contribution in [-0.2, 0) is 18.9 Å². The molecule has 15 N–H and O–H groups in total. The summed E-state index contributed by atoms with van der Waals surface area (Å²) in [6.45, 7) is -0.763. The molecule has 0 amide bonds. The van der Waals surface area contributed by atoms with Crippen molar-refractivity contribution in [2.75, 3.05) is 13.2 Å². The van der Waals surface area contributed by atoms with Crippen molar-refractivity contribution in [1.29, 1.82) is 0 Å². The second kappa shape index (κ2) is 11.0. The maximum Gasteiger partial charge on any atom is 0.187 e. The average Bonchev–Trinajstić information content (AvgIpc) is 2.79. The lowest BCUT2D eigenvalue weighted by molar-refractivity contribution is -0.332. The van der Waals surface area contributed by atoms with E-state index < -0.39 is 98.4 Å². The minimum atomic E-state index is -1.66. The predicted molar refractivity (Wildman–Crippen MR) is 108 cm³/mol. The summed E-state index contributed by atoms with van der Waals surface area (Å²) in [5.41, 5.74) is 23.5. The third-order valence-corrected chi connectivity index (χ3v) is 6.48. The number of ether oxygens (including phenoxy) is 4. The van der Waals surface area contributed by atoms with Crippen LogP contribution in [0.2, 0.25) is 0 Å². The second-order valence-electron chi connectivity index (χ2n) is 8.79. The number of nitrogens with two attached hydrogens (primary N) is 4. The van der Waals surface area contributed by atoms with Gasteiger partial charge in [-0.1, -0.05) is 0 Å². The molecule has 2 heterocycles. The van der Waals surface area contributed by atoms with Crippen LogP contribution in [0.5, 0.6) is 0 Å². The minimum Gasteiger partial charge on any atom is -0.394 e. The fraction of sp³-hybridized carbons (Fsp3) is 1.00. The van der Waals surface area contributed by atoms with E-state index in [-0.39, 0.29) is 13.0 Å². The van der Waals surface area contributed by atoms with E-state index in [1.165, 1.54) is 0 Å². The van der Waals surface area contributed by atoms with Crippen molar-refractivity contribution in [1.82, 2.24) is 0 Å². The summed E-state index contributed by atoms with van der Waals surface area (Å²) in [4.78, 5) is 0. The van der Waals surface area contributed by atoms with E-state index in [2.05, 4.69) is 0 Å². The van der Waals surface area contributed by atoms with Crippen molar-refractivity contribution in [2.45, 2.75) is 98.2 Å². The Bertz CT molecular complexity index is 584. The van der Waals surface area contributed by atoms with E-state index in [4.69, 9.17) is 41.9 Å². The number of aliphatic hydroxyl groups is 7. The van der Waals surface area contributed by atoms with Crippen LogP contribution in [0.4, 0.5) is 0 Å². The lowest BCUT2D eigenvalue weighted by Crippen LogP contribution is -2.68. The highest BCUT2D eigenvalue weighted by Gasteiger charge is 2.51. The van der Waals surface area contributed by atoms with E-state index in [1.807, 2.05) is 0 Å². The molecule has 0 aromatic rings. The molecule has 0 aromatic carbocycles. The first-order valence-electron chi connectivity index (χ1n) is 10.8. The zero-order valence-corrected chi connectivity index (χ0v) is 17.9. The Hall–Kier alpha value is -0.600. The van der Waals surface area contributed by atoms with Gasteiger partial charge < -0.3 is 77.6 Å². The van der Waals surface area contributed by atoms with Crippen LogP contribution >= 0.6 is 0 Å². The van der Waals surface area contributed by atoms with Gasteiger partial charge in [-0.3, -0.25) is 0 Å². The summed E-state index contributed by atoms with van der Waals surface area (Å²) < 4.78 is 22.2. The number of hydrogen-bond acceptors (Lipinski definition) is 15. The van der Waals surface area contributed by atoms with E-state index in [0.29, 0.717) is 0 Å². The van der Waals surface area contributed by atoms with Crippen LogP contribution in [0.1, 0.15) is 6.42 Å². The molecular formula is C18H36N4O11. The Labute approximate surface area is 189 Å². The predicted octanol–water partition coefficient (Wildman–Crippen LogP) is -7.29. The van der Waals surface area contributed by atoms with Crippen LogP contribution < -0.4 is 22.9 Å². The summed E-state index contributed by atoms with van der Waals surface area (Å²) in [5, 5.41) is 70.9. The molecule has 1 aliphatic carbocycles. The van der Waals surface area contributed by atoms with Crippen molar-refractivity contribution in [2.24, 2.45) is 22.9 Å². The van der Waals surface area contributed by atoms with Gasteiger partial charge in [0, 0.05) is 18.6 Å². The third kappa shape index (κ3) is 5.32. The molecular weight excluding hydrogens is 448 g/mol. The molecule has 0 aromatic heterocycles. The van der Waals surface area contributed by atoms with Crippen LogP contribution in [0.15, 0.2) is 0 Å². The molecule has 2 aliphatic heterocycles. The number of rotatable bonds is 6. The molecule has 15 nitrogen and oxygen atoms in total. The van der Waals surface area contributed by atoms with E-state index in [1.54, 1.807) is 0 Å². The van der Waals surface area contributed by atoms with Gasteiger partial charge in [0.05, 0.1) is 12.6 Å². The zero-order valence-electron chi connectivity index (χ0n) is 17.9. The molecule has 1 saturated carbocycles. The highest BCUT2D eigenvalue weighted by Crippen LogP contribution is 2.31. The zero-order chi connectivity index (χ0) is 24.6. The van der Waals surface area contributed by atoms with E-state index in [9.17, 15) is 35.7 Å². The van der Waals surface area contributed by atoms with Gasteiger partial charge in [0.15, 0.2) is 12.6 Å². The molecule has 3 fully saturated rings. The SMILES string of the molecule is NC[C@@H]1O[C@H](O[C@H]2[C@@H](O)[C@@H](O[C@@H]3O[C@H](CO)[C@H](O)[C@H](N)[C@@H]3O)[C@@H](N)C[C@H]2N)[C@H](O)[C@H](O)[C@H]1O. The molecule has 15 atom stereocenters. The third-order valence-electron chi connectivity index (χ3n) is 6.48. The van der Waals surface area contributed by atoms with Gasteiger partial charge in [0.1, 0.15) is 61.0 Å². The maximum absolute atomic E-state index is 10.9. The lowest BCUT2D eigenvalue weighted by Gasteiger charge is -2.48. The first kappa shape index (κ1) is 27.0.